The van der Waals surface area contributed by atoms with Gasteiger partial charge in [0.25, 0.3) is 0 Å². The Bertz CT molecular complexity index is 892. The number of allylic oxidation sites excluding steroid dienone is 1. The highest BCUT2D eigenvalue weighted by Crippen LogP contribution is 2.47. The molecular weight excluding hydrogens is 580 g/mol. The number of quaternary nitrogens is 3. The predicted molar refractivity (Wildman–Crippen MR) is 180 cm³/mol. The number of rotatable bonds is 22. The molecule has 11 N–H and O–H groups in total. The van der Waals surface area contributed by atoms with Gasteiger partial charge in [-0.25, -0.2) is 0 Å². The van der Waals surface area contributed by atoms with Gasteiger partial charge in [0.05, 0.1) is 51.0 Å². The van der Waals surface area contributed by atoms with Gasteiger partial charge >= 0.3 is 0 Å². The van der Waals surface area contributed by atoms with Gasteiger partial charge in [0.1, 0.15) is 6.17 Å². The first-order valence-electron chi connectivity index (χ1n) is 19.3. The van der Waals surface area contributed by atoms with Gasteiger partial charge in [0.15, 0.2) is 0 Å². The predicted octanol–water partition coefficient (Wildman–Crippen LogP) is -0.0142. The lowest BCUT2D eigenvalue weighted by Crippen LogP contribution is -2.94. The van der Waals surface area contributed by atoms with E-state index in [1.165, 1.54) is 25.7 Å². The van der Waals surface area contributed by atoms with Gasteiger partial charge < -0.3 is 41.2 Å². The Morgan fingerprint density at radius 2 is 1.85 bits per heavy atom. The molecule has 2 aliphatic carbocycles. The summed E-state index contributed by atoms with van der Waals surface area (Å²) in [6.45, 7) is 8.11. The lowest BCUT2D eigenvalue weighted by Gasteiger charge is -2.35. The Morgan fingerprint density at radius 3 is 2.52 bits per heavy atom. The van der Waals surface area contributed by atoms with Crippen molar-refractivity contribution in [1.82, 2.24) is 0 Å². The third-order valence-electron chi connectivity index (χ3n) is 11.9. The highest BCUT2D eigenvalue weighted by Gasteiger charge is 2.50. The number of carboxylic acid groups (broad SMARTS) is 1. The molecule has 3 aliphatic rings. The molecule has 0 radical (unpaired) electrons. The van der Waals surface area contributed by atoms with E-state index in [0.29, 0.717) is 55.9 Å². The lowest BCUT2D eigenvalue weighted by atomic mass is 9.77. The maximum atomic E-state index is 12.2. The summed E-state index contributed by atoms with van der Waals surface area (Å²) in [6, 6.07) is 0. The van der Waals surface area contributed by atoms with E-state index in [1.54, 1.807) is 0 Å². The number of aliphatic hydroxyl groups excluding tert-OH is 2. The van der Waals surface area contributed by atoms with Crippen molar-refractivity contribution in [2.75, 3.05) is 33.2 Å². The first kappa shape index (κ1) is 39.4. The number of carbonyl (C=O) groups excluding carboxylic acids is 1. The van der Waals surface area contributed by atoms with E-state index in [0.717, 1.165) is 64.6 Å². The molecule has 0 bridgehead atoms. The number of aliphatic hydroxyl groups is 3. The van der Waals surface area contributed by atoms with E-state index in [4.69, 9.17) is 5.73 Å². The van der Waals surface area contributed by atoms with Crippen LogP contribution in [0.4, 0.5) is 0 Å². The Hall–Kier alpha value is -1.07. The van der Waals surface area contributed by atoms with Gasteiger partial charge in [-0.2, -0.15) is 0 Å². The van der Waals surface area contributed by atoms with Crippen LogP contribution in [0.25, 0.3) is 0 Å². The SMILES string of the molecule is CCCCC[C@H]1C=C[C@@H](CCCCC[C@H](C(=O)[O-])[C@H](O)C[C@@H](C[NH2+]C)[C@@]2(O)C[C@@H](C[NH2+]CC)[C@H](CC3CC[NH2+]C(N)C3)C2)[C@H](O)C1. The highest BCUT2D eigenvalue weighted by molar-refractivity contribution is 5.68. The molecule has 2 fully saturated rings. The van der Waals surface area contributed by atoms with Crippen molar-refractivity contribution in [3.05, 3.63) is 12.2 Å². The number of hydrogen-bond donors (Lipinski definition) is 7. The van der Waals surface area contributed by atoms with Gasteiger partial charge in [0, 0.05) is 36.1 Å². The number of nitrogens with two attached hydrogens (primary N) is 4. The van der Waals surface area contributed by atoms with Crippen LogP contribution in [0.3, 0.4) is 0 Å². The van der Waals surface area contributed by atoms with Crippen LogP contribution >= 0.6 is 0 Å². The Labute approximate surface area is 279 Å². The van der Waals surface area contributed by atoms with Crippen molar-refractivity contribution < 1.29 is 41.2 Å². The number of hydrogen-bond acceptors (Lipinski definition) is 6. The zero-order valence-corrected chi connectivity index (χ0v) is 29.5. The summed E-state index contributed by atoms with van der Waals surface area (Å²) < 4.78 is 0. The van der Waals surface area contributed by atoms with Crippen LogP contribution in [0.2, 0.25) is 0 Å². The Morgan fingerprint density at radius 1 is 1.09 bits per heavy atom. The van der Waals surface area contributed by atoms with Crippen LogP contribution in [0.5, 0.6) is 0 Å². The zero-order chi connectivity index (χ0) is 33.5. The summed E-state index contributed by atoms with van der Waals surface area (Å²) in [6.07, 6.45) is 17.8. The van der Waals surface area contributed by atoms with Gasteiger partial charge in [-0.1, -0.05) is 57.6 Å². The minimum Gasteiger partial charge on any atom is -0.550 e. The molecule has 268 valence electrons. The molecular formula is C37H72N4O5+2. The third kappa shape index (κ3) is 12.4. The molecule has 1 saturated carbocycles. The summed E-state index contributed by atoms with van der Waals surface area (Å²) in [7, 11) is 1.98. The molecule has 9 nitrogen and oxygen atoms in total. The molecule has 2 unspecified atom stereocenters. The zero-order valence-electron chi connectivity index (χ0n) is 29.5. The number of piperidine rings is 1. The molecule has 0 aromatic heterocycles. The van der Waals surface area contributed by atoms with Crippen LogP contribution in [0.15, 0.2) is 12.2 Å². The average Bonchev–Trinajstić information content (AvgIpc) is 3.33. The molecule has 1 aliphatic heterocycles. The summed E-state index contributed by atoms with van der Waals surface area (Å²) in [5, 5.41) is 53.0. The van der Waals surface area contributed by atoms with Crippen molar-refractivity contribution in [2.45, 2.75) is 141 Å². The first-order chi connectivity index (χ1) is 22.1. The van der Waals surface area contributed by atoms with Gasteiger partial charge in [-0.15, -0.1) is 0 Å². The molecule has 3 rings (SSSR count). The molecule has 0 aromatic carbocycles. The largest absolute Gasteiger partial charge is 0.550 e. The fraction of sp³-hybridized carbons (Fsp3) is 0.919. The second kappa shape index (κ2) is 20.4. The summed E-state index contributed by atoms with van der Waals surface area (Å²) in [5.41, 5.74) is 5.36. The highest BCUT2D eigenvalue weighted by atomic mass is 16.4. The Kier molecular flexibility index (Phi) is 17.5. The average molecular weight is 653 g/mol. The quantitative estimate of drug-likeness (QED) is 0.0639. The maximum absolute atomic E-state index is 12.2. The molecule has 0 amide bonds. The molecule has 11 atom stereocenters. The molecule has 0 aromatic rings. The van der Waals surface area contributed by atoms with Gasteiger partial charge in [0.2, 0.25) is 0 Å². The van der Waals surface area contributed by atoms with E-state index in [1.807, 2.05) is 7.05 Å². The fourth-order valence-corrected chi connectivity index (χ4v) is 9.19. The van der Waals surface area contributed by atoms with Gasteiger partial charge in [-0.3, -0.25) is 5.73 Å². The van der Waals surface area contributed by atoms with Crippen LogP contribution in [-0.2, 0) is 4.79 Å². The third-order valence-corrected chi connectivity index (χ3v) is 11.9. The molecule has 46 heavy (non-hydrogen) atoms. The first-order valence-corrected chi connectivity index (χ1v) is 19.3. The standard InChI is InChI=1S/C37H70N4O5/c1-4-6-8-11-26-14-15-28(33(42)19-26)12-9-7-10-13-32(36(44)45)34(43)21-31(25-39-3)37(46)22-29(30(23-37)24-40-5-2)18-27-16-17-41-35(38)20-27/h14-15,26-35,39-43,46H,4-13,16-25,38H2,1-3H3,(H,44,45)/p+2/t26-,27?,28+,29+,30-,31-,32-,33+,34+,35?,37-/m0/s1. The summed E-state index contributed by atoms with van der Waals surface area (Å²) in [5.74, 6) is -0.233. The normalized spacial score (nSPS) is 33.6. The van der Waals surface area contributed by atoms with E-state index in [-0.39, 0.29) is 30.5 Å². The van der Waals surface area contributed by atoms with E-state index in [9.17, 15) is 25.2 Å². The molecule has 1 saturated heterocycles. The van der Waals surface area contributed by atoms with E-state index < -0.39 is 23.6 Å². The number of unbranched alkanes of at least 4 members (excludes halogenated alkanes) is 4. The van der Waals surface area contributed by atoms with Gasteiger partial charge in [-0.05, 0) is 82.5 Å². The fourth-order valence-electron chi connectivity index (χ4n) is 9.19. The van der Waals surface area contributed by atoms with Crippen LogP contribution in [0.1, 0.15) is 117 Å². The summed E-state index contributed by atoms with van der Waals surface area (Å²) >= 11 is 0. The van der Waals surface area contributed by atoms with Crippen molar-refractivity contribution >= 4 is 5.97 Å². The minimum atomic E-state index is -1.19. The topological polar surface area (TPSA) is 177 Å². The van der Waals surface area contributed by atoms with Crippen LogP contribution in [-0.4, -0.2) is 78.5 Å². The second-order valence-corrected chi connectivity index (χ2v) is 15.6. The van der Waals surface area contributed by atoms with Crippen molar-refractivity contribution in [3.63, 3.8) is 0 Å². The number of aliphatic carboxylic acids is 1. The van der Waals surface area contributed by atoms with E-state index in [2.05, 4.69) is 41.9 Å². The van der Waals surface area contributed by atoms with Crippen LogP contribution < -0.4 is 26.8 Å². The monoisotopic (exact) mass is 653 g/mol. The van der Waals surface area contributed by atoms with Crippen molar-refractivity contribution in [3.8, 4) is 0 Å². The summed E-state index contributed by atoms with van der Waals surface area (Å²) in [4.78, 5) is 12.2. The number of carbonyl (C=O) groups is 1. The molecule has 1 heterocycles. The lowest BCUT2D eigenvalue weighted by molar-refractivity contribution is -0.699. The van der Waals surface area contributed by atoms with E-state index >= 15 is 0 Å². The molecule has 9 heteroatoms. The molecule has 0 spiro atoms. The van der Waals surface area contributed by atoms with Crippen molar-refractivity contribution in [1.29, 1.82) is 0 Å². The minimum absolute atomic E-state index is 0.169. The van der Waals surface area contributed by atoms with Crippen molar-refractivity contribution in [2.24, 2.45) is 47.2 Å². The smallest absolute Gasteiger partial charge is 0.137 e. The Balaban J connectivity index is 1.52. The second-order valence-electron chi connectivity index (χ2n) is 15.6. The van der Waals surface area contributed by atoms with Crippen LogP contribution in [0, 0.1) is 41.4 Å². The maximum Gasteiger partial charge on any atom is 0.137 e. The number of carboxylic acids is 1.